The van der Waals surface area contributed by atoms with Crippen molar-refractivity contribution in [3.8, 4) is 11.8 Å². The highest BCUT2D eigenvalue weighted by Crippen LogP contribution is 2.25. The first-order valence-electron chi connectivity index (χ1n) is 10.7. The number of hydrogen-bond acceptors (Lipinski definition) is 5. The van der Waals surface area contributed by atoms with Gasteiger partial charge in [0.05, 0.1) is 19.3 Å². The molecule has 1 unspecified atom stereocenters. The summed E-state index contributed by atoms with van der Waals surface area (Å²) >= 11 is 0. The van der Waals surface area contributed by atoms with E-state index in [1.54, 1.807) is 11.6 Å². The SMILES string of the molecule is COc1ccc(C(NC(=O)CCc2c(C)nc3c(C#N)cnn3c2C)c2ccccc2)cc1. The highest BCUT2D eigenvalue weighted by Gasteiger charge is 2.19. The van der Waals surface area contributed by atoms with Crippen molar-refractivity contribution in [3.63, 3.8) is 0 Å². The number of nitrogens with zero attached hydrogens (tertiary/aromatic N) is 4. The molecule has 1 N–H and O–H groups in total. The zero-order valence-corrected chi connectivity index (χ0v) is 18.9. The van der Waals surface area contributed by atoms with Gasteiger partial charge in [0.15, 0.2) is 5.65 Å². The lowest BCUT2D eigenvalue weighted by Gasteiger charge is -2.20. The highest BCUT2D eigenvalue weighted by atomic mass is 16.5. The lowest BCUT2D eigenvalue weighted by atomic mass is 9.98. The molecule has 7 nitrogen and oxygen atoms in total. The van der Waals surface area contributed by atoms with Gasteiger partial charge in [-0.3, -0.25) is 4.79 Å². The maximum absolute atomic E-state index is 13.0. The number of aryl methyl sites for hydroxylation is 2. The average Bonchev–Trinajstić information content (AvgIpc) is 3.26. The molecule has 0 aliphatic heterocycles. The van der Waals surface area contributed by atoms with E-state index >= 15 is 0 Å². The second-order valence-electron chi connectivity index (χ2n) is 7.85. The predicted octanol–water partition coefficient (Wildman–Crippen LogP) is 4.06. The number of nitrogens with one attached hydrogen (secondary N) is 1. The minimum atomic E-state index is -0.267. The Kier molecular flexibility index (Phi) is 6.36. The van der Waals surface area contributed by atoms with E-state index in [-0.39, 0.29) is 11.9 Å². The van der Waals surface area contributed by atoms with Crippen molar-refractivity contribution < 1.29 is 9.53 Å². The topological polar surface area (TPSA) is 92.3 Å². The van der Waals surface area contributed by atoms with Crippen molar-refractivity contribution in [3.05, 3.63) is 94.4 Å². The summed E-state index contributed by atoms with van der Waals surface area (Å²) in [5.74, 6) is 0.709. The van der Waals surface area contributed by atoms with E-state index in [0.29, 0.717) is 24.1 Å². The molecule has 0 aliphatic carbocycles. The molecule has 2 heterocycles. The molecule has 2 aromatic heterocycles. The molecular formula is C26H25N5O2. The van der Waals surface area contributed by atoms with Crippen LogP contribution in [-0.4, -0.2) is 27.6 Å². The fraction of sp³-hybridized carbons (Fsp3) is 0.231. The minimum Gasteiger partial charge on any atom is -0.497 e. The minimum absolute atomic E-state index is 0.0586. The predicted molar refractivity (Wildman–Crippen MR) is 125 cm³/mol. The van der Waals surface area contributed by atoms with Gasteiger partial charge in [-0.15, -0.1) is 0 Å². The molecular weight excluding hydrogens is 414 g/mol. The summed E-state index contributed by atoms with van der Waals surface area (Å²) in [5.41, 5.74) is 5.63. The number of carbonyl (C=O) groups is 1. The molecule has 4 aromatic rings. The Balaban J connectivity index is 1.54. The lowest BCUT2D eigenvalue weighted by molar-refractivity contribution is -0.121. The van der Waals surface area contributed by atoms with Crippen LogP contribution >= 0.6 is 0 Å². The van der Waals surface area contributed by atoms with Crippen LogP contribution in [-0.2, 0) is 11.2 Å². The van der Waals surface area contributed by atoms with Gasteiger partial charge in [0, 0.05) is 17.8 Å². The summed E-state index contributed by atoms with van der Waals surface area (Å²) in [4.78, 5) is 17.6. The molecule has 0 saturated carbocycles. The van der Waals surface area contributed by atoms with Crippen LogP contribution in [0.15, 0.2) is 60.8 Å². The quantitative estimate of drug-likeness (QED) is 0.469. The van der Waals surface area contributed by atoms with Gasteiger partial charge in [-0.1, -0.05) is 42.5 Å². The molecule has 7 heteroatoms. The Labute approximate surface area is 192 Å². The van der Waals surface area contributed by atoms with Crippen molar-refractivity contribution >= 4 is 11.6 Å². The third kappa shape index (κ3) is 4.55. The van der Waals surface area contributed by atoms with Gasteiger partial charge in [-0.05, 0) is 49.1 Å². The van der Waals surface area contributed by atoms with Gasteiger partial charge in [0.1, 0.15) is 17.4 Å². The van der Waals surface area contributed by atoms with E-state index in [0.717, 1.165) is 33.8 Å². The molecule has 0 aliphatic rings. The molecule has 0 spiro atoms. The van der Waals surface area contributed by atoms with E-state index in [1.165, 1.54) is 6.20 Å². The largest absolute Gasteiger partial charge is 0.497 e. The molecule has 1 atom stereocenters. The van der Waals surface area contributed by atoms with Crippen LogP contribution in [0.3, 0.4) is 0 Å². The molecule has 1 amide bonds. The Hall–Kier alpha value is -4.18. The van der Waals surface area contributed by atoms with Crippen LogP contribution in [0, 0.1) is 25.2 Å². The van der Waals surface area contributed by atoms with Crippen molar-refractivity contribution in [1.29, 1.82) is 5.26 Å². The Morgan fingerprint density at radius 1 is 1.12 bits per heavy atom. The zero-order chi connectivity index (χ0) is 23.4. The third-order valence-electron chi connectivity index (χ3n) is 5.82. The van der Waals surface area contributed by atoms with Crippen molar-refractivity contribution in [2.24, 2.45) is 0 Å². The molecule has 166 valence electrons. The normalized spacial score (nSPS) is 11.7. The van der Waals surface area contributed by atoms with Gasteiger partial charge in [0.25, 0.3) is 0 Å². The molecule has 0 fully saturated rings. The summed E-state index contributed by atoms with van der Waals surface area (Å²) in [6.07, 6.45) is 2.35. The number of nitriles is 1. The zero-order valence-electron chi connectivity index (χ0n) is 18.9. The molecule has 4 rings (SSSR count). The van der Waals surface area contributed by atoms with Crippen LogP contribution in [0.5, 0.6) is 5.75 Å². The second kappa shape index (κ2) is 9.53. The first kappa shape index (κ1) is 22.0. The number of hydrogen-bond donors (Lipinski definition) is 1. The van der Waals surface area contributed by atoms with Crippen molar-refractivity contribution in [2.45, 2.75) is 32.7 Å². The summed E-state index contributed by atoms with van der Waals surface area (Å²) < 4.78 is 6.94. The molecule has 0 bridgehead atoms. The molecule has 33 heavy (non-hydrogen) atoms. The van der Waals surface area contributed by atoms with Crippen LogP contribution in [0.2, 0.25) is 0 Å². The number of carbonyl (C=O) groups excluding carboxylic acids is 1. The van der Waals surface area contributed by atoms with E-state index in [9.17, 15) is 10.1 Å². The lowest BCUT2D eigenvalue weighted by Crippen LogP contribution is -2.29. The van der Waals surface area contributed by atoms with Crippen LogP contribution in [0.4, 0.5) is 0 Å². The number of amides is 1. The maximum atomic E-state index is 13.0. The summed E-state index contributed by atoms with van der Waals surface area (Å²) in [5, 5.41) is 16.7. The van der Waals surface area contributed by atoms with E-state index < -0.39 is 0 Å². The number of benzene rings is 2. The number of rotatable bonds is 7. The van der Waals surface area contributed by atoms with Gasteiger partial charge < -0.3 is 10.1 Å². The third-order valence-corrected chi connectivity index (χ3v) is 5.82. The van der Waals surface area contributed by atoms with Crippen LogP contribution in [0.1, 0.15) is 46.1 Å². The van der Waals surface area contributed by atoms with E-state index in [1.807, 2.05) is 68.4 Å². The summed E-state index contributed by atoms with van der Waals surface area (Å²) in [6.45, 7) is 3.84. The number of methoxy groups -OCH3 is 1. The van der Waals surface area contributed by atoms with Crippen LogP contribution < -0.4 is 10.1 Å². The van der Waals surface area contributed by atoms with Gasteiger partial charge >= 0.3 is 0 Å². The molecule has 0 radical (unpaired) electrons. The monoisotopic (exact) mass is 439 g/mol. The van der Waals surface area contributed by atoms with Crippen LogP contribution in [0.25, 0.3) is 5.65 Å². The smallest absolute Gasteiger partial charge is 0.221 e. The fourth-order valence-corrected chi connectivity index (χ4v) is 4.02. The number of ether oxygens (including phenoxy) is 1. The number of fused-ring (bicyclic) bond motifs is 1. The van der Waals surface area contributed by atoms with Gasteiger partial charge in [0.2, 0.25) is 5.91 Å². The van der Waals surface area contributed by atoms with Gasteiger partial charge in [-0.25, -0.2) is 9.50 Å². The van der Waals surface area contributed by atoms with Crippen molar-refractivity contribution in [1.82, 2.24) is 19.9 Å². The molecule has 2 aromatic carbocycles. The van der Waals surface area contributed by atoms with E-state index in [2.05, 4.69) is 21.5 Å². The highest BCUT2D eigenvalue weighted by molar-refractivity contribution is 5.77. The number of aromatic nitrogens is 3. The second-order valence-corrected chi connectivity index (χ2v) is 7.85. The Bertz CT molecular complexity index is 1320. The van der Waals surface area contributed by atoms with E-state index in [4.69, 9.17) is 4.74 Å². The average molecular weight is 440 g/mol. The van der Waals surface area contributed by atoms with Gasteiger partial charge in [-0.2, -0.15) is 10.4 Å². The standard InChI is InChI=1S/C26H25N5O2/c1-17-23(18(2)31-26(29-17)21(15-27)16-28-31)13-14-24(32)30-25(19-7-5-4-6-8-19)20-9-11-22(33-3)12-10-20/h4-12,16,25H,13-14H2,1-3H3,(H,30,32). The summed E-state index contributed by atoms with van der Waals surface area (Å²) in [7, 11) is 1.63. The fourth-order valence-electron chi connectivity index (χ4n) is 4.02. The van der Waals surface area contributed by atoms with Crippen molar-refractivity contribution in [2.75, 3.05) is 7.11 Å². The maximum Gasteiger partial charge on any atom is 0.221 e. The summed E-state index contributed by atoms with van der Waals surface area (Å²) in [6, 6.07) is 19.5. The molecule has 0 saturated heterocycles. The first-order chi connectivity index (χ1) is 16.0. The Morgan fingerprint density at radius 3 is 2.48 bits per heavy atom. The first-order valence-corrected chi connectivity index (χ1v) is 10.7. The Morgan fingerprint density at radius 2 is 1.82 bits per heavy atom.